The number of nitrogens with zero attached hydrogens (tertiary/aromatic N) is 1. The van der Waals surface area contributed by atoms with Crippen LogP contribution in [0, 0.1) is 6.92 Å². The second-order valence-electron chi connectivity index (χ2n) is 7.25. The van der Waals surface area contributed by atoms with Gasteiger partial charge in [-0.2, -0.15) is 0 Å². The van der Waals surface area contributed by atoms with Crippen LogP contribution in [-0.4, -0.2) is 4.98 Å². The number of aromatic nitrogens is 1. The zero-order chi connectivity index (χ0) is 18.2. The van der Waals surface area contributed by atoms with Gasteiger partial charge in [0.2, 0.25) is 0 Å². The van der Waals surface area contributed by atoms with Crippen molar-refractivity contribution >= 4 is 22.7 Å². The summed E-state index contributed by atoms with van der Waals surface area (Å²) in [5.74, 6) is 0. The Hall–Kier alpha value is -1.71. The molecule has 0 atom stereocenters. The molecule has 1 nitrogen and oxygen atoms in total. The van der Waals surface area contributed by atoms with Crippen LogP contribution in [0.2, 0.25) is 0 Å². The second-order valence-corrected chi connectivity index (χ2v) is 9.28. The topological polar surface area (TPSA) is 12.9 Å². The summed E-state index contributed by atoms with van der Waals surface area (Å²) in [6.45, 7) is 13.3. The normalized spacial score (nSPS) is 11.6. The smallest absolute Gasteiger partial charge is 0.0449 e. The highest BCUT2D eigenvalue weighted by molar-refractivity contribution is 7.23. The quantitative estimate of drug-likeness (QED) is 0.435. The number of hydrogen-bond donors (Lipinski definition) is 0. The number of allylic oxidation sites excluding steroid dienone is 2. The summed E-state index contributed by atoms with van der Waals surface area (Å²) in [6.07, 6.45) is 2.01. The van der Waals surface area contributed by atoms with E-state index in [4.69, 9.17) is 4.98 Å². The lowest BCUT2D eigenvalue weighted by Crippen LogP contribution is -2.21. The zero-order valence-corrected chi connectivity index (χ0v) is 17.4. The molecule has 0 aromatic carbocycles. The Labute approximate surface area is 159 Å². The largest absolute Gasteiger partial charge is 0.261 e. The molecule has 0 saturated heterocycles. The molecule has 3 aromatic rings. The molecule has 0 spiro atoms. The SMILES string of the molecule is CC(C)=C(C)C(C)(C)c1cc(-c2ccc(-c3cccs3)s2)cnc1C. The fourth-order valence-electron chi connectivity index (χ4n) is 3.17. The minimum absolute atomic E-state index is 0.0141. The van der Waals surface area contributed by atoms with Crippen molar-refractivity contribution < 1.29 is 0 Å². The molecule has 3 rings (SSSR count). The molecule has 0 bridgehead atoms. The Morgan fingerprint density at radius 2 is 1.72 bits per heavy atom. The summed E-state index contributed by atoms with van der Waals surface area (Å²) in [5, 5.41) is 2.13. The molecule has 0 radical (unpaired) electrons. The molecule has 0 aliphatic heterocycles. The number of rotatable bonds is 4. The Morgan fingerprint density at radius 3 is 2.36 bits per heavy atom. The van der Waals surface area contributed by atoms with Gasteiger partial charge in [0.1, 0.15) is 0 Å². The van der Waals surface area contributed by atoms with E-state index in [2.05, 4.69) is 77.3 Å². The molecule has 3 heterocycles. The Bertz CT molecular complexity index is 907. The first kappa shape index (κ1) is 18.1. The fraction of sp³-hybridized carbons (Fsp3) is 0.318. The average molecular weight is 368 g/mol. The van der Waals surface area contributed by atoms with Crippen LogP contribution < -0.4 is 0 Å². The molecule has 25 heavy (non-hydrogen) atoms. The molecule has 0 aliphatic carbocycles. The van der Waals surface area contributed by atoms with E-state index in [0.29, 0.717) is 0 Å². The molecule has 0 amide bonds. The van der Waals surface area contributed by atoms with Crippen LogP contribution in [0.4, 0.5) is 0 Å². The fourth-order valence-corrected chi connectivity index (χ4v) is 4.99. The van der Waals surface area contributed by atoms with Crippen LogP contribution in [0.15, 0.2) is 53.1 Å². The Morgan fingerprint density at radius 1 is 1.00 bits per heavy atom. The lowest BCUT2D eigenvalue weighted by atomic mass is 9.75. The van der Waals surface area contributed by atoms with Crippen molar-refractivity contribution in [1.82, 2.24) is 4.98 Å². The van der Waals surface area contributed by atoms with Crippen LogP contribution in [-0.2, 0) is 5.41 Å². The third-order valence-corrected chi connectivity index (χ3v) is 7.30. The van der Waals surface area contributed by atoms with Gasteiger partial charge in [-0.25, -0.2) is 0 Å². The average Bonchev–Trinajstić information content (AvgIpc) is 3.25. The van der Waals surface area contributed by atoms with Crippen molar-refractivity contribution in [2.75, 3.05) is 0 Å². The lowest BCUT2D eigenvalue weighted by molar-refractivity contribution is 0.608. The molecule has 0 fully saturated rings. The van der Waals surface area contributed by atoms with E-state index in [1.807, 2.05) is 17.5 Å². The third kappa shape index (κ3) is 3.49. The van der Waals surface area contributed by atoms with Gasteiger partial charge >= 0.3 is 0 Å². The van der Waals surface area contributed by atoms with E-state index >= 15 is 0 Å². The van der Waals surface area contributed by atoms with E-state index in [0.717, 1.165) is 5.69 Å². The van der Waals surface area contributed by atoms with Crippen LogP contribution in [0.1, 0.15) is 45.9 Å². The van der Waals surface area contributed by atoms with Crippen molar-refractivity contribution in [3.05, 3.63) is 64.3 Å². The first-order chi connectivity index (χ1) is 11.8. The van der Waals surface area contributed by atoms with Crippen molar-refractivity contribution in [1.29, 1.82) is 0 Å². The summed E-state index contributed by atoms with van der Waals surface area (Å²) in [6, 6.07) is 11.1. The van der Waals surface area contributed by atoms with Gasteiger partial charge < -0.3 is 0 Å². The van der Waals surface area contributed by atoms with Gasteiger partial charge in [-0.05, 0) is 62.9 Å². The molecule has 3 heteroatoms. The summed E-state index contributed by atoms with van der Waals surface area (Å²) < 4.78 is 0. The molecule has 3 aromatic heterocycles. The van der Waals surface area contributed by atoms with Crippen molar-refractivity contribution in [2.24, 2.45) is 0 Å². The molecular formula is C22H25NS2. The second kappa shape index (κ2) is 6.89. The minimum Gasteiger partial charge on any atom is -0.261 e. The predicted octanol–water partition coefficient (Wildman–Crippen LogP) is 7.48. The van der Waals surface area contributed by atoms with Gasteiger partial charge in [0.15, 0.2) is 0 Å². The molecule has 0 N–H and O–H groups in total. The van der Waals surface area contributed by atoms with E-state index in [9.17, 15) is 0 Å². The maximum atomic E-state index is 4.72. The van der Waals surface area contributed by atoms with E-state index in [-0.39, 0.29) is 5.41 Å². The maximum absolute atomic E-state index is 4.72. The standard InChI is InChI=1S/C22H25NS2/c1-14(2)15(3)22(5,6)18-12-17(13-23-16(18)4)19-9-10-21(25-19)20-8-7-11-24-20/h7-13H,1-6H3. The summed E-state index contributed by atoms with van der Waals surface area (Å²) in [5.41, 5.74) is 6.42. The van der Waals surface area contributed by atoms with Crippen LogP contribution in [0.5, 0.6) is 0 Å². The van der Waals surface area contributed by atoms with Gasteiger partial charge in [0, 0.05) is 37.5 Å². The van der Waals surface area contributed by atoms with Crippen LogP contribution in [0.3, 0.4) is 0 Å². The molecule has 0 aliphatic rings. The Kier molecular flexibility index (Phi) is 4.99. The van der Waals surface area contributed by atoms with Crippen LogP contribution in [0.25, 0.3) is 20.2 Å². The van der Waals surface area contributed by atoms with Gasteiger partial charge in [-0.1, -0.05) is 31.1 Å². The molecule has 0 saturated carbocycles. The van der Waals surface area contributed by atoms with E-state index < -0.39 is 0 Å². The molecular weight excluding hydrogens is 342 g/mol. The lowest BCUT2D eigenvalue weighted by Gasteiger charge is -2.29. The van der Waals surface area contributed by atoms with Crippen LogP contribution >= 0.6 is 22.7 Å². The van der Waals surface area contributed by atoms with Gasteiger partial charge in [0.05, 0.1) is 0 Å². The number of aryl methyl sites for hydroxylation is 1. The number of thiophene rings is 2. The molecule has 130 valence electrons. The third-order valence-electron chi connectivity index (χ3n) is 5.10. The Balaban J connectivity index is 2.04. The zero-order valence-electron chi connectivity index (χ0n) is 15.8. The maximum Gasteiger partial charge on any atom is 0.0449 e. The van der Waals surface area contributed by atoms with Crippen molar-refractivity contribution in [3.63, 3.8) is 0 Å². The van der Waals surface area contributed by atoms with Crippen molar-refractivity contribution in [2.45, 2.75) is 47.0 Å². The number of hydrogen-bond acceptors (Lipinski definition) is 3. The monoisotopic (exact) mass is 367 g/mol. The van der Waals surface area contributed by atoms with E-state index in [1.54, 1.807) is 11.3 Å². The van der Waals surface area contributed by atoms with Crippen molar-refractivity contribution in [3.8, 4) is 20.2 Å². The highest BCUT2D eigenvalue weighted by Crippen LogP contribution is 2.39. The highest BCUT2D eigenvalue weighted by atomic mass is 32.1. The predicted molar refractivity (Wildman–Crippen MR) is 113 cm³/mol. The summed E-state index contributed by atoms with van der Waals surface area (Å²) in [4.78, 5) is 8.66. The van der Waals surface area contributed by atoms with Gasteiger partial charge in [0.25, 0.3) is 0 Å². The highest BCUT2D eigenvalue weighted by Gasteiger charge is 2.26. The number of pyridine rings is 1. The van der Waals surface area contributed by atoms with Gasteiger partial charge in [-0.3, -0.25) is 4.98 Å². The minimum atomic E-state index is -0.0141. The first-order valence-electron chi connectivity index (χ1n) is 8.56. The van der Waals surface area contributed by atoms with E-state index in [1.165, 1.54) is 36.9 Å². The van der Waals surface area contributed by atoms with Gasteiger partial charge in [-0.15, -0.1) is 22.7 Å². The first-order valence-corrected chi connectivity index (χ1v) is 10.3. The summed E-state index contributed by atoms with van der Waals surface area (Å²) in [7, 11) is 0. The molecule has 0 unspecified atom stereocenters. The summed E-state index contributed by atoms with van der Waals surface area (Å²) >= 11 is 3.63.